The van der Waals surface area contributed by atoms with E-state index in [4.69, 9.17) is 16.3 Å². The van der Waals surface area contributed by atoms with E-state index in [9.17, 15) is 18.0 Å². The molecule has 0 saturated carbocycles. The predicted molar refractivity (Wildman–Crippen MR) is 91.7 cm³/mol. The molecule has 0 bridgehead atoms. The van der Waals surface area contributed by atoms with Gasteiger partial charge in [0.1, 0.15) is 29.7 Å². The van der Waals surface area contributed by atoms with Crippen LogP contribution in [0.1, 0.15) is 22.4 Å². The molecule has 26 heavy (non-hydrogen) atoms. The molecule has 1 N–H and O–H groups in total. The number of alkyl halides is 3. The van der Waals surface area contributed by atoms with Crippen LogP contribution in [0.15, 0.2) is 29.6 Å². The van der Waals surface area contributed by atoms with E-state index in [1.165, 1.54) is 11.3 Å². The molecule has 1 aromatic heterocycles. The Labute approximate surface area is 157 Å². The molecular weight excluding hydrogens is 393 g/mol. The molecule has 10 heteroatoms. The van der Waals surface area contributed by atoms with Crippen LogP contribution in [0.2, 0.25) is 5.02 Å². The SMILES string of the molecule is CC(COCC(F)(F)F)NC(=O)c1csc(COc2ccc(Cl)cc2)n1. The van der Waals surface area contributed by atoms with Gasteiger partial charge in [-0.05, 0) is 31.2 Å². The quantitative estimate of drug-likeness (QED) is 0.715. The Kier molecular flexibility index (Phi) is 7.24. The Morgan fingerprint density at radius 1 is 1.35 bits per heavy atom. The van der Waals surface area contributed by atoms with Crippen LogP contribution in [-0.4, -0.2) is 36.3 Å². The van der Waals surface area contributed by atoms with Gasteiger partial charge in [-0.3, -0.25) is 4.79 Å². The van der Waals surface area contributed by atoms with Crippen LogP contribution in [0, 0.1) is 0 Å². The molecule has 0 aliphatic carbocycles. The number of hydrogen-bond donors (Lipinski definition) is 1. The van der Waals surface area contributed by atoms with Crippen LogP contribution < -0.4 is 10.1 Å². The van der Waals surface area contributed by atoms with Crippen molar-refractivity contribution in [3.63, 3.8) is 0 Å². The monoisotopic (exact) mass is 408 g/mol. The minimum absolute atomic E-state index is 0.173. The third kappa shape index (κ3) is 7.19. The van der Waals surface area contributed by atoms with Gasteiger partial charge in [0.2, 0.25) is 0 Å². The van der Waals surface area contributed by atoms with Gasteiger partial charge < -0.3 is 14.8 Å². The van der Waals surface area contributed by atoms with Gasteiger partial charge in [0.05, 0.1) is 6.61 Å². The summed E-state index contributed by atoms with van der Waals surface area (Å²) in [6.07, 6.45) is -4.39. The molecule has 0 fully saturated rings. The van der Waals surface area contributed by atoms with Crippen molar-refractivity contribution in [2.45, 2.75) is 25.7 Å². The standard InChI is InChI=1S/C16H16ClF3N2O3S/c1-10(6-24-9-16(18,19)20)21-15(23)13-8-26-14(22-13)7-25-12-4-2-11(17)3-5-12/h2-5,8,10H,6-7,9H2,1H3,(H,21,23). The van der Waals surface area contributed by atoms with Crippen LogP contribution in [0.5, 0.6) is 5.75 Å². The van der Waals surface area contributed by atoms with Crippen molar-refractivity contribution >= 4 is 28.8 Å². The normalized spacial score (nSPS) is 12.7. The largest absolute Gasteiger partial charge is 0.486 e. The first kappa shape index (κ1) is 20.5. The van der Waals surface area contributed by atoms with Gasteiger partial charge in [-0.1, -0.05) is 11.6 Å². The van der Waals surface area contributed by atoms with Crippen molar-refractivity contribution in [3.05, 3.63) is 45.4 Å². The van der Waals surface area contributed by atoms with E-state index in [0.29, 0.717) is 15.8 Å². The fraction of sp³-hybridized carbons (Fsp3) is 0.375. The van der Waals surface area contributed by atoms with Crippen molar-refractivity contribution in [3.8, 4) is 5.75 Å². The lowest BCUT2D eigenvalue weighted by molar-refractivity contribution is -0.174. The molecule has 1 unspecified atom stereocenters. The number of rotatable bonds is 8. The lowest BCUT2D eigenvalue weighted by Crippen LogP contribution is -2.37. The highest BCUT2D eigenvalue weighted by atomic mass is 35.5. The Balaban J connectivity index is 1.78. The van der Waals surface area contributed by atoms with Gasteiger partial charge in [-0.15, -0.1) is 11.3 Å². The van der Waals surface area contributed by atoms with Crippen LogP contribution in [0.3, 0.4) is 0 Å². The highest BCUT2D eigenvalue weighted by Gasteiger charge is 2.27. The molecule has 0 aliphatic rings. The van der Waals surface area contributed by atoms with Crippen molar-refractivity contribution in [2.24, 2.45) is 0 Å². The zero-order valence-electron chi connectivity index (χ0n) is 13.7. The Morgan fingerprint density at radius 2 is 2.04 bits per heavy atom. The maximum atomic E-state index is 12.0. The van der Waals surface area contributed by atoms with Gasteiger partial charge in [0.15, 0.2) is 0 Å². The summed E-state index contributed by atoms with van der Waals surface area (Å²) in [4.78, 5) is 16.2. The molecule has 142 valence electrons. The average molecular weight is 409 g/mol. The van der Waals surface area contributed by atoms with Crippen LogP contribution in [-0.2, 0) is 11.3 Å². The fourth-order valence-electron chi connectivity index (χ4n) is 1.85. The summed E-state index contributed by atoms with van der Waals surface area (Å²) in [5, 5.41) is 5.27. The van der Waals surface area contributed by atoms with E-state index in [0.717, 1.165) is 0 Å². The maximum absolute atomic E-state index is 12.0. The predicted octanol–water partition coefficient (Wildman–Crippen LogP) is 4.07. The molecular formula is C16H16ClF3N2O3S. The van der Waals surface area contributed by atoms with E-state index >= 15 is 0 Å². The number of aromatic nitrogens is 1. The zero-order valence-corrected chi connectivity index (χ0v) is 15.2. The van der Waals surface area contributed by atoms with Crippen LogP contribution in [0.25, 0.3) is 0 Å². The summed E-state index contributed by atoms with van der Waals surface area (Å²) in [5.74, 6) is 0.133. The molecule has 1 aromatic carbocycles. The first-order chi connectivity index (χ1) is 12.2. The Bertz CT molecular complexity index is 722. The zero-order chi connectivity index (χ0) is 19.2. The third-order valence-corrected chi connectivity index (χ3v) is 4.05. The van der Waals surface area contributed by atoms with Gasteiger partial charge in [-0.25, -0.2) is 4.98 Å². The van der Waals surface area contributed by atoms with Crippen molar-refractivity contribution in [1.29, 1.82) is 0 Å². The molecule has 1 atom stereocenters. The van der Waals surface area contributed by atoms with Gasteiger partial charge >= 0.3 is 6.18 Å². The highest BCUT2D eigenvalue weighted by Crippen LogP contribution is 2.18. The van der Waals surface area contributed by atoms with E-state index in [2.05, 4.69) is 15.0 Å². The number of thiazole rings is 1. The maximum Gasteiger partial charge on any atom is 0.411 e. The lowest BCUT2D eigenvalue weighted by Gasteiger charge is -2.14. The summed E-state index contributed by atoms with van der Waals surface area (Å²) >= 11 is 7.03. The Hall–Kier alpha value is -1.84. The van der Waals surface area contributed by atoms with Crippen molar-refractivity contribution in [1.82, 2.24) is 10.3 Å². The number of nitrogens with one attached hydrogen (secondary N) is 1. The minimum atomic E-state index is -4.39. The van der Waals surface area contributed by atoms with Gasteiger partial charge in [0, 0.05) is 16.4 Å². The highest BCUT2D eigenvalue weighted by molar-refractivity contribution is 7.09. The second-order valence-corrected chi connectivity index (χ2v) is 6.75. The molecule has 5 nitrogen and oxygen atoms in total. The second kappa shape index (κ2) is 9.20. The fourth-order valence-corrected chi connectivity index (χ4v) is 2.66. The van der Waals surface area contributed by atoms with Crippen molar-refractivity contribution in [2.75, 3.05) is 13.2 Å². The summed E-state index contributed by atoms with van der Waals surface area (Å²) < 4.78 is 46.1. The summed E-state index contributed by atoms with van der Waals surface area (Å²) in [6, 6.07) is 6.23. The summed E-state index contributed by atoms with van der Waals surface area (Å²) in [5.41, 5.74) is 0.173. The smallest absolute Gasteiger partial charge is 0.411 e. The summed E-state index contributed by atoms with van der Waals surface area (Å²) in [7, 11) is 0. The second-order valence-electron chi connectivity index (χ2n) is 5.37. The molecule has 2 rings (SSSR count). The molecule has 0 aliphatic heterocycles. The molecule has 0 saturated heterocycles. The van der Waals surface area contributed by atoms with Crippen LogP contribution >= 0.6 is 22.9 Å². The number of halogens is 4. The van der Waals surface area contributed by atoms with Gasteiger partial charge in [-0.2, -0.15) is 13.2 Å². The first-order valence-electron chi connectivity index (χ1n) is 7.51. The van der Waals surface area contributed by atoms with E-state index < -0.39 is 24.7 Å². The number of nitrogens with zero attached hydrogens (tertiary/aromatic N) is 1. The molecule has 1 amide bonds. The van der Waals surface area contributed by atoms with Gasteiger partial charge in [0.25, 0.3) is 5.91 Å². The summed E-state index contributed by atoms with van der Waals surface area (Å²) in [6.45, 7) is 0.132. The average Bonchev–Trinajstić information content (AvgIpc) is 3.02. The first-order valence-corrected chi connectivity index (χ1v) is 8.77. The van der Waals surface area contributed by atoms with Crippen LogP contribution in [0.4, 0.5) is 13.2 Å². The lowest BCUT2D eigenvalue weighted by atomic mass is 10.3. The third-order valence-electron chi connectivity index (χ3n) is 2.97. The molecule has 2 aromatic rings. The van der Waals surface area contributed by atoms with E-state index in [1.54, 1.807) is 36.6 Å². The number of amides is 1. The van der Waals surface area contributed by atoms with E-state index in [-0.39, 0.29) is 18.9 Å². The number of benzene rings is 1. The number of ether oxygens (including phenoxy) is 2. The molecule has 1 heterocycles. The Morgan fingerprint density at radius 3 is 2.69 bits per heavy atom. The molecule has 0 spiro atoms. The van der Waals surface area contributed by atoms with Crippen molar-refractivity contribution < 1.29 is 27.4 Å². The number of hydrogen-bond acceptors (Lipinski definition) is 5. The minimum Gasteiger partial charge on any atom is -0.486 e. The number of carbonyl (C=O) groups is 1. The number of carbonyl (C=O) groups excluding carboxylic acids is 1. The molecule has 0 radical (unpaired) electrons. The topological polar surface area (TPSA) is 60.5 Å². The van der Waals surface area contributed by atoms with E-state index in [1.807, 2.05) is 0 Å².